The van der Waals surface area contributed by atoms with Crippen LogP contribution in [0.5, 0.6) is 0 Å². The average Bonchev–Trinajstić information content (AvgIpc) is 2.29. The standard InChI is InChI=1S/C12H16F2N2O/c1-2-3-8(7-15)12(17)16-11-5-4-9(13)6-10(11)14/h4-6,8H,2-3,7,15H2,1H3,(H,16,17). The van der Waals surface area contributed by atoms with E-state index in [0.717, 1.165) is 18.6 Å². The summed E-state index contributed by atoms with van der Waals surface area (Å²) in [6, 6.07) is 3.02. The number of carbonyl (C=O) groups excluding carboxylic acids is 1. The lowest BCUT2D eigenvalue weighted by Crippen LogP contribution is -2.29. The molecule has 0 radical (unpaired) electrons. The average molecular weight is 242 g/mol. The van der Waals surface area contributed by atoms with Crippen molar-refractivity contribution < 1.29 is 13.6 Å². The number of anilines is 1. The first-order valence-electron chi connectivity index (χ1n) is 5.54. The maximum Gasteiger partial charge on any atom is 0.228 e. The molecule has 1 aromatic rings. The normalized spacial score (nSPS) is 12.2. The van der Waals surface area contributed by atoms with E-state index in [1.54, 1.807) is 0 Å². The zero-order valence-electron chi connectivity index (χ0n) is 9.67. The van der Waals surface area contributed by atoms with Crippen molar-refractivity contribution in [2.75, 3.05) is 11.9 Å². The van der Waals surface area contributed by atoms with Gasteiger partial charge in [-0.2, -0.15) is 0 Å². The molecule has 0 bridgehead atoms. The molecule has 5 heteroatoms. The third-order valence-electron chi connectivity index (χ3n) is 2.48. The third-order valence-corrected chi connectivity index (χ3v) is 2.48. The lowest BCUT2D eigenvalue weighted by molar-refractivity contribution is -0.119. The second-order valence-electron chi connectivity index (χ2n) is 3.83. The molecule has 17 heavy (non-hydrogen) atoms. The second kappa shape index (κ2) is 6.30. The van der Waals surface area contributed by atoms with Gasteiger partial charge in [0.25, 0.3) is 0 Å². The van der Waals surface area contributed by atoms with Crippen molar-refractivity contribution in [1.82, 2.24) is 0 Å². The number of hydrogen-bond acceptors (Lipinski definition) is 2. The quantitative estimate of drug-likeness (QED) is 0.832. The number of nitrogens with two attached hydrogens (primary N) is 1. The van der Waals surface area contributed by atoms with Gasteiger partial charge < -0.3 is 11.1 Å². The Hall–Kier alpha value is -1.49. The molecule has 1 atom stereocenters. The van der Waals surface area contributed by atoms with Crippen LogP contribution < -0.4 is 11.1 Å². The molecule has 1 rings (SSSR count). The molecule has 0 heterocycles. The Balaban J connectivity index is 2.73. The van der Waals surface area contributed by atoms with Crippen LogP contribution in [0.25, 0.3) is 0 Å². The summed E-state index contributed by atoms with van der Waals surface area (Å²) >= 11 is 0. The zero-order chi connectivity index (χ0) is 12.8. The maximum atomic E-state index is 13.3. The Morgan fingerprint density at radius 3 is 2.71 bits per heavy atom. The number of halogens is 2. The zero-order valence-corrected chi connectivity index (χ0v) is 9.67. The van der Waals surface area contributed by atoms with Gasteiger partial charge in [0.1, 0.15) is 11.6 Å². The van der Waals surface area contributed by atoms with E-state index in [-0.39, 0.29) is 24.1 Å². The largest absolute Gasteiger partial charge is 0.330 e. The molecule has 1 aromatic carbocycles. The van der Waals surface area contributed by atoms with Crippen LogP contribution in [-0.2, 0) is 4.79 Å². The van der Waals surface area contributed by atoms with E-state index < -0.39 is 11.6 Å². The lowest BCUT2D eigenvalue weighted by Gasteiger charge is -2.14. The summed E-state index contributed by atoms with van der Waals surface area (Å²) in [5, 5.41) is 2.41. The molecule has 94 valence electrons. The molecule has 0 aliphatic carbocycles. The van der Waals surface area contributed by atoms with E-state index in [9.17, 15) is 13.6 Å². The summed E-state index contributed by atoms with van der Waals surface area (Å²) in [5.41, 5.74) is 5.44. The van der Waals surface area contributed by atoms with E-state index in [1.807, 2.05) is 6.92 Å². The van der Waals surface area contributed by atoms with Gasteiger partial charge in [0.15, 0.2) is 0 Å². The van der Waals surface area contributed by atoms with Crippen LogP contribution in [0.4, 0.5) is 14.5 Å². The molecule has 1 amide bonds. The predicted molar refractivity (Wildman–Crippen MR) is 62.4 cm³/mol. The third kappa shape index (κ3) is 3.78. The highest BCUT2D eigenvalue weighted by Crippen LogP contribution is 2.16. The van der Waals surface area contributed by atoms with Crippen molar-refractivity contribution in [3.8, 4) is 0 Å². The molecular weight excluding hydrogens is 226 g/mol. The minimum absolute atomic E-state index is 0.0223. The van der Waals surface area contributed by atoms with Crippen molar-refractivity contribution in [3.05, 3.63) is 29.8 Å². The van der Waals surface area contributed by atoms with E-state index in [0.29, 0.717) is 6.42 Å². The van der Waals surface area contributed by atoms with Crippen LogP contribution in [0, 0.1) is 17.6 Å². The summed E-state index contributed by atoms with van der Waals surface area (Å²) < 4.78 is 25.9. The molecule has 0 fully saturated rings. The second-order valence-corrected chi connectivity index (χ2v) is 3.83. The Bertz CT molecular complexity index is 396. The molecule has 0 spiro atoms. The van der Waals surface area contributed by atoms with Gasteiger partial charge in [-0.1, -0.05) is 13.3 Å². The topological polar surface area (TPSA) is 55.1 Å². The van der Waals surface area contributed by atoms with Gasteiger partial charge in [-0.3, -0.25) is 4.79 Å². The number of carbonyl (C=O) groups is 1. The van der Waals surface area contributed by atoms with Crippen LogP contribution in [0.15, 0.2) is 18.2 Å². The fraction of sp³-hybridized carbons (Fsp3) is 0.417. The minimum Gasteiger partial charge on any atom is -0.330 e. The Morgan fingerprint density at radius 2 is 2.18 bits per heavy atom. The van der Waals surface area contributed by atoms with Gasteiger partial charge in [-0.15, -0.1) is 0 Å². The molecule has 0 aromatic heterocycles. The maximum absolute atomic E-state index is 13.3. The molecule has 3 N–H and O–H groups in total. The number of benzene rings is 1. The summed E-state index contributed by atoms with van der Waals surface area (Å²) in [4.78, 5) is 11.7. The molecule has 0 aliphatic heterocycles. The monoisotopic (exact) mass is 242 g/mol. The summed E-state index contributed by atoms with van der Waals surface area (Å²) in [5.74, 6) is -2.14. The van der Waals surface area contributed by atoms with E-state index >= 15 is 0 Å². The lowest BCUT2D eigenvalue weighted by atomic mass is 10.0. The Kier molecular flexibility index (Phi) is 5.03. The minimum atomic E-state index is -0.786. The van der Waals surface area contributed by atoms with Crippen molar-refractivity contribution in [1.29, 1.82) is 0 Å². The van der Waals surface area contributed by atoms with Crippen molar-refractivity contribution in [3.63, 3.8) is 0 Å². The van der Waals surface area contributed by atoms with Crippen molar-refractivity contribution in [2.45, 2.75) is 19.8 Å². The fourth-order valence-corrected chi connectivity index (χ4v) is 1.53. The number of nitrogens with one attached hydrogen (secondary N) is 1. The summed E-state index contributed by atoms with van der Waals surface area (Å²) in [6.07, 6.45) is 1.46. The molecule has 0 saturated heterocycles. The highest BCUT2D eigenvalue weighted by atomic mass is 19.1. The highest BCUT2D eigenvalue weighted by Gasteiger charge is 2.17. The van der Waals surface area contributed by atoms with Crippen LogP contribution >= 0.6 is 0 Å². The smallest absolute Gasteiger partial charge is 0.228 e. The fourth-order valence-electron chi connectivity index (χ4n) is 1.53. The summed E-state index contributed by atoms with van der Waals surface area (Å²) in [7, 11) is 0. The van der Waals surface area contributed by atoms with Crippen molar-refractivity contribution >= 4 is 11.6 Å². The molecule has 0 aliphatic rings. The van der Waals surface area contributed by atoms with Gasteiger partial charge >= 0.3 is 0 Å². The number of hydrogen-bond donors (Lipinski definition) is 2. The first-order chi connectivity index (χ1) is 8.08. The van der Waals surface area contributed by atoms with Crippen LogP contribution in [-0.4, -0.2) is 12.5 Å². The highest BCUT2D eigenvalue weighted by molar-refractivity contribution is 5.92. The van der Waals surface area contributed by atoms with Gasteiger partial charge in [0.2, 0.25) is 5.91 Å². The first kappa shape index (κ1) is 13.6. The van der Waals surface area contributed by atoms with Crippen LogP contribution in [0.2, 0.25) is 0 Å². The van der Waals surface area contributed by atoms with Gasteiger partial charge in [-0.25, -0.2) is 8.78 Å². The van der Waals surface area contributed by atoms with E-state index in [1.165, 1.54) is 6.07 Å². The van der Waals surface area contributed by atoms with Gasteiger partial charge in [0.05, 0.1) is 11.6 Å². The number of rotatable bonds is 5. The van der Waals surface area contributed by atoms with E-state index in [2.05, 4.69) is 5.32 Å². The SMILES string of the molecule is CCCC(CN)C(=O)Nc1ccc(F)cc1F. The Labute approximate surface area is 99.0 Å². The molecule has 0 saturated carbocycles. The molecule has 1 unspecified atom stereocenters. The van der Waals surface area contributed by atoms with Gasteiger partial charge in [0, 0.05) is 12.6 Å². The van der Waals surface area contributed by atoms with Crippen LogP contribution in [0.1, 0.15) is 19.8 Å². The van der Waals surface area contributed by atoms with Crippen LogP contribution in [0.3, 0.4) is 0 Å². The molecule has 3 nitrogen and oxygen atoms in total. The summed E-state index contributed by atoms with van der Waals surface area (Å²) in [6.45, 7) is 2.15. The first-order valence-corrected chi connectivity index (χ1v) is 5.54. The van der Waals surface area contributed by atoms with Gasteiger partial charge in [-0.05, 0) is 18.6 Å². The van der Waals surface area contributed by atoms with Crippen molar-refractivity contribution in [2.24, 2.45) is 11.7 Å². The van der Waals surface area contributed by atoms with E-state index in [4.69, 9.17) is 5.73 Å². The number of amides is 1. The predicted octanol–water partition coefficient (Wildman–Crippen LogP) is 2.28. The Morgan fingerprint density at radius 1 is 1.47 bits per heavy atom. The molecular formula is C12H16F2N2O.